The third kappa shape index (κ3) is 4.88. The molecule has 2 heterocycles. The van der Waals surface area contributed by atoms with Crippen LogP contribution < -0.4 is 14.9 Å². The maximum absolute atomic E-state index is 12.9. The second-order valence-corrected chi connectivity index (χ2v) is 8.94. The fraction of sp³-hybridized carbons (Fsp3) is 0.611. The van der Waals surface area contributed by atoms with Crippen molar-refractivity contribution in [1.82, 2.24) is 9.62 Å². The van der Waals surface area contributed by atoms with Crippen LogP contribution in [0, 0.1) is 0 Å². The van der Waals surface area contributed by atoms with E-state index in [4.69, 9.17) is 0 Å². The van der Waals surface area contributed by atoms with Crippen LogP contribution >= 0.6 is 0 Å². The first-order chi connectivity index (χ1) is 12.4. The normalized spacial score (nSPS) is 21.0. The van der Waals surface area contributed by atoms with Gasteiger partial charge in [-0.25, -0.2) is 17.9 Å². The lowest BCUT2D eigenvalue weighted by Gasteiger charge is -2.36. The van der Waals surface area contributed by atoms with Crippen molar-refractivity contribution in [2.45, 2.75) is 38.1 Å². The highest BCUT2D eigenvalue weighted by molar-refractivity contribution is 7.88. The molecule has 2 aliphatic rings. The summed E-state index contributed by atoms with van der Waals surface area (Å²) in [6.07, 6.45) is 6.25. The molecule has 0 aliphatic carbocycles. The number of carbonyl (C=O) groups is 1. The Bertz CT molecular complexity index is 732. The minimum Gasteiger partial charge on any atom is -0.370 e. The Morgan fingerprint density at radius 1 is 1.12 bits per heavy atom. The molecule has 2 N–H and O–H groups in total. The number of piperidine rings is 1. The fourth-order valence-corrected chi connectivity index (χ4v) is 4.22. The third-order valence-corrected chi connectivity index (χ3v) is 5.75. The Labute approximate surface area is 155 Å². The molecule has 1 aromatic rings. The van der Waals surface area contributed by atoms with Gasteiger partial charge < -0.3 is 15.1 Å². The number of rotatable bonds is 5. The molecule has 2 saturated heterocycles. The second kappa shape index (κ2) is 8.26. The van der Waals surface area contributed by atoms with Gasteiger partial charge >= 0.3 is 6.03 Å². The molecule has 2 aliphatic heterocycles. The zero-order valence-electron chi connectivity index (χ0n) is 15.3. The Kier molecular flexibility index (Phi) is 6.03. The van der Waals surface area contributed by atoms with Crippen molar-refractivity contribution in [3.05, 3.63) is 24.3 Å². The average Bonchev–Trinajstić information content (AvgIpc) is 3.14. The van der Waals surface area contributed by atoms with E-state index < -0.39 is 10.0 Å². The second-order valence-electron chi connectivity index (χ2n) is 7.11. The molecular weight excluding hydrogens is 352 g/mol. The summed E-state index contributed by atoms with van der Waals surface area (Å²) in [5, 5.41) is 3.05. The van der Waals surface area contributed by atoms with Crippen LogP contribution in [0.1, 0.15) is 32.1 Å². The van der Waals surface area contributed by atoms with Gasteiger partial charge in [-0.2, -0.15) is 0 Å². The van der Waals surface area contributed by atoms with Crippen molar-refractivity contribution in [3.63, 3.8) is 0 Å². The summed E-state index contributed by atoms with van der Waals surface area (Å²) in [5.41, 5.74) is 1.88. The number of hydrogen-bond acceptors (Lipinski definition) is 4. The summed E-state index contributed by atoms with van der Waals surface area (Å²) in [4.78, 5) is 17.0. The van der Waals surface area contributed by atoms with Crippen LogP contribution in [0.3, 0.4) is 0 Å². The van der Waals surface area contributed by atoms with E-state index in [9.17, 15) is 13.2 Å². The molecule has 2 amide bonds. The van der Waals surface area contributed by atoms with E-state index in [1.54, 1.807) is 4.90 Å². The van der Waals surface area contributed by atoms with Gasteiger partial charge in [0, 0.05) is 32.2 Å². The Balaban J connectivity index is 1.70. The number of carbonyl (C=O) groups excluding carboxylic acids is 1. The number of anilines is 2. The quantitative estimate of drug-likeness (QED) is 0.821. The van der Waals surface area contributed by atoms with Crippen LogP contribution in [0.4, 0.5) is 16.2 Å². The fourth-order valence-electron chi connectivity index (χ4n) is 3.73. The maximum Gasteiger partial charge on any atom is 0.322 e. The van der Waals surface area contributed by atoms with Crippen LogP contribution in [0.25, 0.3) is 0 Å². The van der Waals surface area contributed by atoms with Crippen LogP contribution in [-0.4, -0.2) is 57.8 Å². The summed E-state index contributed by atoms with van der Waals surface area (Å²) in [7, 11) is -3.26. The Morgan fingerprint density at radius 2 is 1.81 bits per heavy atom. The first-order valence-corrected chi connectivity index (χ1v) is 11.2. The molecule has 0 radical (unpaired) electrons. The number of amides is 2. The van der Waals surface area contributed by atoms with Crippen LogP contribution in [0.2, 0.25) is 0 Å². The first kappa shape index (κ1) is 19.0. The van der Waals surface area contributed by atoms with E-state index in [0.717, 1.165) is 50.0 Å². The number of benzene rings is 1. The van der Waals surface area contributed by atoms with Crippen molar-refractivity contribution < 1.29 is 13.2 Å². The molecular formula is C18H28N4O3S. The minimum absolute atomic E-state index is 0.113. The van der Waals surface area contributed by atoms with Crippen molar-refractivity contribution in [3.8, 4) is 0 Å². The number of hydrogen-bond donors (Lipinski definition) is 2. The molecule has 0 saturated carbocycles. The smallest absolute Gasteiger partial charge is 0.322 e. The van der Waals surface area contributed by atoms with Crippen LogP contribution in [0.15, 0.2) is 24.3 Å². The summed E-state index contributed by atoms with van der Waals surface area (Å²) in [5.74, 6) is 0. The van der Waals surface area contributed by atoms with Crippen molar-refractivity contribution >= 4 is 27.4 Å². The molecule has 0 aromatic heterocycles. The SMILES string of the molecule is CS(=O)(=O)NC[C@H]1CCCCN1C(=O)Nc1ccccc1N1CCCC1. The number of nitrogens with one attached hydrogen (secondary N) is 2. The summed E-state index contributed by atoms with van der Waals surface area (Å²) in [6, 6.07) is 7.62. The largest absolute Gasteiger partial charge is 0.370 e. The third-order valence-electron chi connectivity index (χ3n) is 5.06. The molecule has 1 atom stereocenters. The van der Waals surface area contributed by atoms with E-state index in [2.05, 4.69) is 14.9 Å². The van der Waals surface area contributed by atoms with Crippen molar-refractivity contribution in [1.29, 1.82) is 0 Å². The lowest BCUT2D eigenvalue weighted by atomic mass is 10.0. The topological polar surface area (TPSA) is 81.8 Å². The van der Waals surface area contributed by atoms with E-state index in [-0.39, 0.29) is 18.6 Å². The number of para-hydroxylation sites is 2. The molecule has 8 heteroatoms. The standard InChI is InChI=1S/C18H28N4O3S/c1-26(24,25)19-14-15-8-4-5-13-22(15)18(23)20-16-9-2-3-10-17(16)21-11-6-7-12-21/h2-3,9-10,15,19H,4-8,11-14H2,1H3,(H,20,23)/t15-/m1/s1. The molecule has 0 bridgehead atoms. The Hall–Kier alpha value is -1.80. The number of sulfonamides is 1. The van der Waals surface area contributed by atoms with E-state index in [1.807, 2.05) is 24.3 Å². The Morgan fingerprint density at radius 3 is 2.54 bits per heavy atom. The van der Waals surface area contributed by atoms with Gasteiger partial charge in [-0.3, -0.25) is 0 Å². The van der Waals surface area contributed by atoms with Crippen LogP contribution in [-0.2, 0) is 10.0 Å². The highest BCUT2D eigenvalue weighted by Crippen LogP contribution is 2.29. The van der Waals surface area contributed by atoms with Crippen LogP contribution in [0.5, 0.6) is 0 Å². The van der Waals surface area contributed by atoms with Gasteiger partial charge in [0.05, 0.1) is 17.6 Å². The molecule has 7 nitrogen and oxygen atoms in total. The van der Waals surface area contributed by atoms with E-state index >= 15 is 0 Å². The summed E-state index contributed by atoms with van der Waals surface area (Å²) in [6.45, 7) is 2.93. The van der Waals surface area contributed by atoms with Gasteiger partial charge in [0.1, 0.15) is 0 Å². The highest BCUT2D eigenvalue weighted by atomic mass is 32.2. The van der Waals surface area contributed by atoms with Gasteiger partial charge in [-0.1, -0.05) is 12.1 Å². The monoisotopic (exact) mass is 380 g/mol. The molecule has 1 aromatic carbocycles. The van der Waals surface area contributed by atoms with Crippen molar-refractivity contribution in [2.75, 3.05) is 42.7 Å². The number of likely N-dealkylation sites (tertiary alicyclic amines) is 1. The maximum atomic E-state index is 12.9. The van der Waals surface area contributed by atoms with Gasteiger partial charge in [-0.05, 0) is 44.2 Å². The molecule has 3 rings (SSSR count). The molecule has 0 unspecified atom stereocenters. The number of urea groups is 1. The minimum atomic E-state index is -3.26. The molecule has 2 fully saturated rings. The zero-order valence-corrected chi connectivity index (χ0v) is 16.1. The predicted octanol–water partition coefficient (Wildman–Crippen LogP) is 2.22. The average molecular weight is 381 g/mol. The summed E-state index contributed by atoms with van der Waals surface area (Å²) >= 11 is 0. The van der Waals surface area contributed by atoms with Gasteiger partial charge in [-0.15, -0.1) is 0 Å². The zero-order chi connectivity index (χ0) is 18.6. The lowest BCUT2D eigenvalue weighted by Crippen LogP contribution is -2.50. The first-order valence-electron chi connectivity index (χ1n) is 9.30. The lowest BCUT2D eigenvalue weighted by molar-refractivity contribution is 0.164. The van der Waals surface area contributed by atoms with Gasteiger partial charge in [0.15, 0.2) is 0 Å². The van der Waals surface area contributed by atoms with Crippen molar-refractivity contribution in [2.24, 2.45) is 0 Å². The highest BCUT2D eigenvalue weighted by Gasteiger charge is 2.28. The molecule has 144 valence electrons. The summed E-state index contributed by atoms with van der Waals surface area (Å²) < 4.78 is 25.3. The molecule has 26 heavy (non-hydrogen) atoms. The van der Waals surface area contributed by atoms with Gasteiger partial charge in [0.25, 0.3) is 0 Å². The van der Waals surface area contributed by atoms with Gasteiger partial charge in [0.2, 0.25) is 10.0 Å². The number of nitrogens with zero attached hydrogens (tertiary/aromatic N) is 2. The van der Waals surface area contributed by atoms with E-state index in [1.165, 1.54) is 12.8 Å². The van der Waals surface area contributed by atoms with E-state index in [0.29, 0.717) is 6.54 Å². The predicted molar refractivity (Wildman–Crippen MR) is 104 cm³/mol. The molecule has 0 spiro atoms.